The number of halogens is 1. The van der Waals surface area contributed by atoms with E-state index in [4.69, 9.17) is 16.0 Å². The van der Waals surface area contributed by atoms with Crippen molar-refractivity contribution in [2.75, 3.05) is 6.54 Å². The van der Waals surface area contributed by atoms with Crippen molar-refractivity contribution in [2.24, 2.45) is 0 Å². The fourth-order valence-electron chi connectivity index (χ4n) is 3.77. The van der Waals surface area contributed by atoms with Crippen molar-refractivity contribution in [3.63, 3.8) is 0 Å². The summed E-state index contributed by atoms with van der Waals surface area (Å²) in [5.41, 5.74) is 2.44. The fraction of sp³-hybridized carbons (Fsp3) is 0.182. The van der Waals surface area contributed by atoms with E-state index in [1.54, 1.807) is 36.7 Å². The van der Waals surface area contributed by atoms with Crippen LogP contribution in [0.5, 0.6) is 0 Å². The highest BCUT2D eigenvalue weighted by molar-refractivity contribution is 6.35. The van der Waals surface area contributed by atoms with Gasteiger partial charge in [0.25, 0.3) is 5.56 Å². The summed E-state index contributed by atoms with van der Waals surface area (Å²) in [7, 11) is 0. The molecular formula is C22H17ClN4O3. The van der Waals surface area contributed by atoms with E-state index in [2.05, 4.69) is 15.0 Å². The molecule has 1 aliphatic heterocycles. The number of aromatic nitrogens is 3. The van der Waals surface area contributed by atoms with E-state index < -0.39 is 5.63 Å². The monoisotopic (exact) mass is 420 g/mol. The smallest absolute Gasteiger partial charge is 0.342 e. The van der Waals surface area contributed by atoms with Crippen molar-refractivity contribution >= 4 is 22.6 Å². The average Bonchev–Trinajstić information content (AvgIpc) is 2.77. The van der Waals surface area contributed by atoms with Crippen molar-refractivity contribution in [1.82, 2.24) is 19.9 Å². The minimum absolute atomic E-state index is 0.173. The van der Waals surface area contributed by atoms with Crippen LogP contribution in [0.25, 0.3) is 22.4 Å². The van der Waals surface area contributed by atoms with Gasteiger partial charge in [-0.25, -0.2) is 9.78 Å². The summed E-state index contributed by atoms with van der Waals surface area (Å²) in [6.45, 7) is 1.34. The first-order valence-corrected chi connectivity index (χ1v) is 9.93. The number of aromatic amines is 1. The predicted octanol–water partition coefficient (Wildman–Crippen LogP) is 3.15. The first-order valence-electron chi connectivity index (χ1n) is 9.55. The molecule has 4 heterocycles. The van der Waals surface area contributed by atoms with E-state index in [1.165, 1.54) is 0 Å². The summed E-state index contributed by atoms with van der Waals surface area (Å²) in [5.74, 6) is 0.535. The molecule has 1 N–H and O–H groups in total. The topological polar surface area (TPSA) is 92.1 Å². The lowest BCUT2D eigenvalue weighted by molar-refractivity contribution is 0.239. The van der Waals surface area contributed by atoms with Crippen molar-refractivity contribution < 1.29 is 4.42 Å². The first kappa shape index (κ1) is 18.7. The van der Waals surface area contributed by atoms with Gasteiger partial charge in [-0.15, -0.1) is 0 Å². The summed E-state index contributed by atoms with van der Waals surface area (Å²) >= 11 is 6.51. The Balaban J connectivity index is 1.45. The molecule has 8 heteroatoms. The van der Waals surface area contributed by atoms with Crippen LogP contribution in [0.3, 0.4) is 0 Å². The van der Waals surface area contributed by atoms with Crippen molar-refractivity contribution in [3.8, 4) is 11.4 Å². The zero-order valence-corrected chi connectivity index (χ0v) is 16.6. The summed E-state index contributed by atoms with van der Waals surface area (Å²) < 4.78 is 5.42. The number of fused-ring (bicyclic) bond motifs is 2. The highest BCUT2D eigenvalue weighted by Crippen LogP contribution is 2.27. The van der Waals surface area contributed by atoms with Gasteiger partial charge in [0.2, 0.25) is 0 Å². The molecule has 0 unspecified atom stereocenters. The van der Waals surface area contributed by atoms with Crippen LogP contribution < -0.4 is 11.2 Å². The van der Waals surface area contributed by atoms with Crippen LogP contribution in [0.4, 0.5) is 0 Å². The molecule has 0 saturated heterocycles. The average molecular weight is 421 g/mol. The highest BCUT2D eigenvalue weighted by Gasteiger charge is 2.24. The number of benzene rings is 1. The van der Waals surface area contributed by atoms with Crippen LogP contribution in [-0.2, 0) is 19.5 Å². The van der Waals surface area contributed by atoms with E-state index in [0.717, 1.165) is 11.3 Å². The predicted molar refractivity (Wildman–Crippen MR) is 113 cm³/mol. The van der Waals surface area contributed by atoms with Crippen LogP contribution >= 0.6 is 11.6 Å². The molecule has 0 radical (unpaired) electrons. The lowest BCUT2D eigenvalue weighted by atomic mass is 10.1. The molecular weight excluding hydrogens is 404 g/mol. The number of nitrogens with zero attached hydrogens (tertiary/aromatic N) is 3. The minimum atomic E-state index is -0.454. The molecule has 0 fully saturated rings. The molecule has 1 aromatic carbocycles. The normalized spacial score (nSPS) is 14.0. The van der Waals surface area contributed by atoms with E-state index in [1.807, 2.05) is 17.0 Å². The molecule has 0 atom stereocenters. The van der Waals surface area contributed by atoms with Crippen molar-refractivity contribution in [3.05, 3.63) is 91.4 Å². The Labute approximate surface area is 176 Å². The minimum Gasteiger partial charge on any atom is -0.422 e. The van der Waals surface area contributed by atoms with Crippen LogP contribution in [0.15, 0.2) is 62.8 Å². The maximum atomic E-state index is 12.7. The molecule has 0 bridgehead atoms. The number of nitrogens with one attached hydrogen (secondary N) is 1. The van der Waals surface area contributed by atoms with E-state index in [-0.39, 0.29) is 5.56 Å². The Bertz CT molecular complexity index is 1360. The SMILES string of the molecule is O=c1[nH]c(-c2ccncc2)nc2c1CN(Cc1c(Cl)c3ccccc3oc1=O)CC2. The van der Waals surface area contributed by atoms with E-state index >= 15 is 0 Å². The van der Waals surface area contributed by atoms with Crippen LogP contribution in [-0.4, -0.2) is 26.4 Å². The third-order valence-corrected chi connectivity index (χ3v) is 5.75. The van der Waals surface area contributed by atoms with Crippen LogP contribution in [0.1, 0.15) is 16.8 Å². The number of H-pyrrole nitrogens is 1. The summed E-state index contributed by atoms with van der Waals surface area (Å²) in [6, 6.07) is 10.8. The Hall–Kier alpha value is -3.29. The molecule has 4 aromatic rings. The quantitative estimate of drug-likeness (QED) is 0.512. The first-order chi connectivity index (χ1) is 14.6. The molecule has 0 spiro atoms. The number of hydrogen-bond acceptors (Lipinski definition) is 6. The Morgan fingerprint density at radius 3 is 2.77 bits per heavy atom. The fourth-order valence-corrected chi connectivity index (χ4v) is 4.06. The Morgan fingerprint density at radius 1 is 1.13 bits per heavy atom. The summed E-state index contributed by atoms with van der Waals surface area (Å²) in [4.78, 5) is 38.7. The second-order valence-corrected chi connectivity index (χ2v) is 7.59. The van der Waals surface area contributed by atoms with Gasteiger partial charge in [-0.2, -0.15) is 0 Å². The maximum absolute atomic E-state index is 12.7. The third kappa shape index (κ3) is 3.32. The molecule has 7 nitrogen and oxygen atoms in total. The molecule has 0 saturated carbocycles. The number of rotatable bonds is 3. The van der Waals surface area contributed by atoms with Gasteiger partial charge < -0.3 is 9.40 Å². The lowest BCUT2D eigenvalue weighted by Crippen LogP contribution is -2.36. The standard InChI is InChI=1S/C22H17ClN4O3/c23-19-14-3-1-2-4-18(14)30-22(29)16(19)12-27-10-7-17-15(11-27)21(28)26-20(25-17)13-5-8-24-9-6-13/h1-6,8-9H,7,10-12H2,(H,25,26,28). The van der Waals surface area contributed by atoms with Crippen LogP contribution in [0, 0.1) is 0 Å². The molecule has 1 aliphatic rings. The van der Waals surface area contributed by atoms with E-state index in [0.29, 0.717) is 59.0 Å². The van der Waals surface area contributed by atoms with E-state index in [9.17, 15) is 9.59 Å². The highest BCUT2D eigenvalue weighted by atomic mass is 35.5. The molecule has 150 valence electrons. The molecule has 3 aromatic heterocycles. The van der Waals surface area contributed by atoms with Gasteiger partial charge in [-0.05, 0) is 24.3 Å². The van der Waals surface area contributed by atoms with Gasteiger partial charge in [-0.1, -0.05) is 23.7 Å². The van der Waals surface area contributed by atoms with Gasteiger partial charge in [0, 0.05) is 49.4 Å². The zero-order valence-electron chi connectivity index (χ0n) is 15.9. The second-order valence-electron chi connectivity index (χ2n) is 7.21. The van der Waals surface area contributed by atoms with Crippen molar-refractivity contribution in [1.29, 1.82) is 0 Å². The second kappa shape index (κ2) is 7.51. The number of hydrogen-bond donors (Lipinski definition) is 1. The van der Waals surface area contributed by atoms with Gasteiger partial charge >= 0.3 is 5.63 Å². The lowest BCUT2D eigenvalue weighted by Gasteiger charge is -2.27. The summed E-state index contributed by atoms with van der Waals surface area (Å²) in [5, 5.41) is 1.10. The van der Waals surface area contributed by atoms with Crippen LogP contribution in [0.2, 0.25) is 5.02 Å². The Kier molecular flexibility index (Phi) is 4.69. The largest absolute Gasteiger partial charge is 0.422 e. The van der Waals surface area contributed by atoms with Gasteiger partial charge in [0.05, 0.1) is 21.8 Å². The van der Waals surface area contributed by atoms with Gasteiger partial charge in [0.1, 0.15) is 11.4 Å². The van der Waals surface area contributed by atoms with Gasteiger partial charge in [-0.3, -0.25) is 14.7 Å². The molecule has 30 heavy (non-hydrogen) atoms. The molecule has 5 rings (SSSR count). The van der Waals surface area contributed by atoms with Gasteiger partial charge in [0.15, 0.2) is 0 Å². The molecule has 0 amide bonds. The third-order valence-electron chi connectivity index (χ3n) is 5.32. The zero-order chi connectivity index (χ0) is 20.7. The molecule has 0 aliphatic carbocycles. The Morgan fingerprint density at radius 2 is 1.93 bits per heavy atom. The summed E-state index contributed by atoms with van der Waals surface area (Å²) in [6.07, 6.45) is 3.93. The van der Waals surface area contributed by atoms with Crippen molar-refractivity contribution in [2.45, 2.75) is 19.5 Å². The number of pyridine rings is 1. The maximum Gasteiger partial charge on any atom is 0.342 e. The number of para-hydroxylation sites is 1.